The molecular weight excluding hydrogens is 464 g/mol. The van der Waals surface area contributed by atoms with E-state index in [0.717, 1.165) is 33.3 Å². The van der Waals surface area contributed by atoms with E-state index in [9.17, 15) is 0 Å². The normalized spacial score (nSPS) is 14.8. The molecule has 0 amide bonds. The predicted molar refractivity (Wildman–Crippen MR) is 159 cm³/mol. The first-order chi connectivity index (χ1) is 18.4. The molecule has 3 heteroatoms. The lowest BCUT2D eigenvalue weighted by atomic mass is 9.83. The molecule has 38 heavy (non-hydrogen) atoms. The van der Waals surface area contributed by atoms with Gasteiger partial charge in [-0.25, -0.2) is 4.98 Å². The molecule has 194 valence electrons. The molecule has 3 heterocycles. The van der Waals surface area contributed by atoms with Gasteiger partial charge in [-0.2, -0.15) is 0 Å². The number of hydrogen-bond acceptors (Lipinski definition) is 3. The topological polar surface area (TPSA) is 38.9 Å². The molecule has 0 aliphatic heterocycles. The Bertz CT molecular complexity index is 1590. The molecule has 0 N–H and O–H groups in total. The van der Waals surface area contributed by atoms with Gasteiger partial charge in [-0.3, -0.25) is 4.98 Å². The largest absolute Gasteiger partial charge is 0.437 e. The first-order valence-corrected chi connectivity index (χ1v) is 14.3. The maximum atomic E-state index is 6.54. The molecule has 0 radical (unpaired) electrons. The third-order valence-electron chi connectivity index (χ3n) is 8.47. The molecule has 3 aromatic heterocycles. The highest BCUT2D eigenvalue weighted by atomic mass is 16.3. The Morgan fingerprint density at radius 1 is 0.789 bits per heavy atom. The van der Waals surface area contributed by atoms with E-state index in [1.807, 2.05) is 0 Å². The number of para-hydroxylation sites is 1. The van der Waals surface area contributed by atoms with E-state index >= 15 is 0 Å². The summed E-state index contributed by atoms with van der Waals surface area (Å²) in [5.41, 5.74) is 11.2. The first-order valence-electron chi connectivity index (χ1n) is 14.3. The van der Waals surface area contributed by atoms with E-state index < -0.39 is 0 Å². The Kier molecular flexibility index (Phi) is 6.55. The van der Waals surface area contributed by atoms with Crippen LogP contribution in [0.25, 0.3) is 44.6 Å². The van der Waals surface area contributed by atoms with E-state index in [1.54, 1.807) is 0 Å². The smallest absolute Gasteiger partial charge is 0.227 e. The molecule has 1 saturated carbocycles. The molecule has 0 unspecified atom stereocenters. The number of furan rings is 1. The summed E-state index contributed by atoms with van der Waals surface area (Å²) < 4.78 is 6.54. The van der Waals surface area contributed by atoms with Crippen LogP contribution >= 0.6 is 0 Å². The Morgan fingerprint density at radius 3 is 2.18 bits per heavy atom. The van der Waals surface area contributed by atoms with Crippen molar-refractivity contribution in [2.24, 2.45) is 0 Å². The average molecular weight is 503 g/mol. The molecular formula is C35H38N2O. The van der Waals surface area contributed by atoms with Crippen molar-refractivity contribution >= 4 is 22.1 Å². The Hall–Kier alpha value is -3.46. The number of rotatable bonds is 5. The molecule has 0 saturated heterocycles. The van der Waals surface area contributed by atoms with E-state index in [4.69, 9.17) is 14.4 Å². The predicted octanol–water partition coefficient (Wildman–Crippen LogP) is 10.3. The Labute approximate surface area is 226 Å². The van der Waals surface area contributed by atoms with E-state index in [-0.39, 0.29) is 0 Å². The summed E-state index contributed by atoms with van der Waals surface area (Å²) in [5.74, 6) is 1.48. The second-order valence-electron chi connectivity index (χ2n) is 11.7. The second-order valence-corrected chi connectivity index (χ2v) is 11.7. The van der Waals surface area contributed by atoms with Gasteiger partial charge in [0.2, 0.25) is 5.71 Å². The number of aryl methyl sites for hydroxylation is 1. The van der Waals surface area contributed by atoms with Gasteiger partial charge in [0, 0.05) is 28.1 Å². The van der Waals surface area contributed by atoms with Crippen molar-refractivity contribution in [3.8, 4) is 22.5 Å². The minimum absolute atomic E-state index is 0.411. The van der Waals surface area contributed by atoms with Crippen LogP contribution in [0.4, 0.5) is 0 Å². The van der Waals surface area contributed by atoms with Crippen molar-refractivity contribution in [3.05, 3.63) is 83.0 Å². The number of pyridine rings is 2. The lowest BCUT2D eigenvalue weighted by Crippen LogP contribution is -2.07. The summed E-state index contributed by atoms with van der Waals surface area (Å²) in [5, 5.41) is 2.14. The summed E-state index contributed by atoms with van der Waals surface area (Å²) in [6.07, 6.45) is 8.72. The molecule has 2 aromatic carbocycles. The van der Waals surface area contributed by atoms with Gasteiger partial charge in [-0.05, 0) is 84.0 Å². The summed E-state index contributed by atoms with van der Waals surface area (Å²) in [7, 11) is 0. The van der Waals surface area contributed by atoms with Gasteiger partial charge in [0.25, 0.3) is 0 Å². The molecule has 0 spiro atoms. The average Bonchev–Trinajstić information content (AvgIpc) is 3.31. The maximum Gasteiger partial charge on any atom is 0.227 e. The van der Waals surface area contributed by atoms with Gasteiger partial charge in [0.1, 0.15) is 5.58 Å². The minimum atomic E-state index is 0.411. The number of aromatic nitrogens is 2. The van der Waals surface area contributed by atoms with Gasteiger partial charge in [0.15, 0.2) is 0 Å². The summed E-state index contributed by atoms with van der Waals surface area (Å²) >= 11 is 0. The molecule has 1 aliphatic rings. The van der Waals surface area contributed by atoms with Crippen molar-refractivity contribution in [2.75, 3.05) is 0 Å². The molecule has 3 nitrogen and oxygen atoms in total. The van der Waals surface area contributed by atoms with Crippen molar-refractivity contribution in [1.82, 2.24) is 9.97 Å². The van der Waals surface area contributed by atoms with Crippen LogP contribution in [-0.4, -0.2) is 9.97 Å². The lowest BCUT2D eigenvalue weighted by molar-refractivity contribution is 0.441. The fourth-order valence-corrected chi connectivity index (χ4v) is 6.42. The summed E-state index contributed by atoms with van der Waals surface area (Å²) in [4.78, 5) is 10.1. The van der Waals surface area contributed by atoms with Crippen LogP contribution in [0, 0.1) is 6.92 Å². The van der Waals surface area contributed by atoms with Crippen molar-refractivity contribution in [3.63, 3.8) is 0 Å². The van der Waals surface area contributed by atoms with Crippen molar-refractivity contribution < 1.29 is 4.42 Å². The van der Waals surface area contributed by atoms with Gasteiger partial charge in [-0.15, -0.1) is 0 Å². The zero-order valence-electron chi connectivity index (χ0n) is 23.3. The lowest BCUT2D eigenvalue weighted by Gasteiger charge is -2.23. The zero-order chi connectivity index (χ0) is 26.4. The summed E-state index contributed by atoms with van der Waals surface area (Å²) in [6.45, 7) is 11.3. The molecule has 1 fully saturated rings. The molecule has 1 aliphatic carbocycles. The molecule has 0 atom stereocenters. The van der Waals surface area contributed by atoms with Gasteiger partial charge >= 0.3 is 0 Å². The van der Waals surface area contributed by atoms with E-state index in [0.29, 0.717) is 23.5 Å². The first kappa shape index (κ1) is 24.9. The molecule has 6 rings (SSSR count). The van der Waals surface area contributed by atoms with Gasteiger partial charge in [0.05, 0.1) is 11.4 Å². The highest BCUT2D eigenvalue weighted by molar-refractivity contribution is 6.08. The van der Waals surface area contributed by atoms with Gasteiger partial charge < -0.3 is 4.42 Å². The fraction of sp³-hybridized carbons (Fsp3) is 0.371. The quantitative estimate of drug-likeness (QED) is 0.240. The summed E-state index contributed by atoms with van der Waals surface area (Å²) in [6, 6.07) is 19.6. The van der Waals surface area contributed by atoms with Crippen LogP contribution in [0.2, 0.25) is 0 Å². The SMILES string of the molecule is Cc1cc(-c2cccc3c2oc2nc(-c4c(C(C)C)cccc4C(C)C)ccc23)ncc1C1CCCCC1. The Balaban J connectivity index is 1.47. The van der Waals surface area contributed by atoms with Crippen LogP contribution in [0.3, 0.4) is 0 Å². The highest BCUT2D eigenvalue weighted by Gasteiger charge is 2.21. The third-order valence-corrected chi connectivity index (χ3v) is 8.47. The second kappa shape index (κ2) is 10.0. The molecule has 5 aromatic rings. The standard InChI is InChI=1S/C35H38N2O/c1-21(2)25-13-9-14-26(22(3)4)33(25)31-18-17-28-27-15-10-16-29(34(27)38-35(28)37-31)32-19-23(5)30(20-36-32)24-11-7-6-8-12-24/h9-10,13-22,24H,6-8,11-12H2,1-5H3. The number of benzene rings is 2. The molecule has 0 bridgehead atoms. The van der Waals surface area contributed by atoms with Crippen LogP contribution in [0.1, 0.15) is 99.8 Å². The maximum absolute atomic E-state index is 6.54. The highest BCUT2D eigenvalue weighted by Crippen LogP contribution is 2.40. The van der Waals surface area contributed by atoms with Crippen LogP contribution < -0.4 is 0 Å². The van der Waals surface area contributed by atoms with Crippen molar-refractivity contribution in [2.45, 2.75) is 84.5 Å². The van der Waals surface area contributed by atoms with Crippen molar-refractivity contribution in [1.29, 1.82) is 0 Å². The van der Waals surface area contributed by atoms with E-state index in [1.165, 1.54) is 59.9 Å². The zero-order valence-corrected chi connectivity index (χ0v) is 23.3. The number of nitrogens with zero attached hydrogens (tertiary/aromatic N) is 2. The van der Waals surface area contributed by atoms with Crippen LogP contribution in [0.5, 0.6) is 0 Å². The fourth-order valence-electron chi connectivity index (χ4n) is 6.42. The van der Waals surface area contributed by atoms with Crippen LogP contribution in [0.15, 0.2) is 65.2 Å². The number of fused-ring (bicyclic) bond motifs is 3. The minimum Gasteiger partial charge on any atom is -0.437 e. The van der Waals surface area contributed by atoms with Gasteiger partial charge in [-0.1, -0.05) is 77.3 Å². The monoisotopic (exact) mass is 502 g/mol. The van der Waals surface area contributed by atoms with Crippen LogP contribution in [-0.2, 0) is 0 Å². The Morgan fingerprint density at radius 2 is 1.50 bits per heavy atom. The number of hydrogen-bond donors (Lipinski definition) is 0. The van der Waals surface area contributed by atoms with E-state index in [2.05, 4.69) is 95.4 Å². The third kappa shape index (κ3) is 4.32.